The Kier molecular flexibility index (Phi) is 5.22. The van der Waals surface area contributed by atoms with E-state index in [1.165, 1.54) is 11.8 Å². The predicted octanol–water partition coefficient (Wildman–Crippen LogP) is 4.75. The summed E-state index contributed by atoms with van der Waals surface area (Å²) in [5.74, 6) is 1.36. The summed E-state index contributed by atoms with van der Waals surface area (Å²) >= 11 is 3.04. The van der Waals surface area contributed by atoms with Gasteiger partial charge < -0.3 is 9.73 Å². The molecule has 1 atom stereocenters. The zero-order valence-corrected chi connectivity index (χ0v) is 16.2. The highest BCUT2D eigenvalue weighted by Crippen LogP contribution is 2.32. The summed E-state index contributed by atoms with van der Waals surface area (Å²) in [5.41, 5.74) is 0.876. The van der Waals surface area contributed by atoms with Crippen molar-refractivity contribution < 1.29 is 9.21 Å². The Morgan fingerprint density at radius 2 is 2.07 bits per heavy atom. The Balaban J connectivity index is 1.57. The van der Waals surface area contributed by atoms with Crippen LogP contribution in [-0.4, -0.2) is 21.1 Å². The molecule has 7 heteroatoms. The van der Waals surface area contributed by atoms with Crippen LogP contribution in [0.15, 0.2) is 69.6 Å². The van der Waals surface area contributed by atoms with Crippen LogP contribution < -0.4 is 5.32 Å². The highest BCUT2D eigenvalue weighted by molar-refractivity contribution is 8.00. The van der Waals surface area contributed by atoms with E-state index in [1.54, 1.807) is 23.7 Å². The molecule has 1 N–H and O–H groups in total. The smallest absolute Gasteiger partial charge is 0.233 e. The number of para-hydroxylation sites is 1. The van der Waals surface area contributed by atoms with Crippen molar-refractivity contribution in [2.45, 2.75) is 23.7 Å². The highest BCUT2D eigenvalue weighted by atomic mass is 32.2. The summed E-state index contributed by atoms with van der Waals surface area (Å²) in [5, 5.41) is 6.37. The maximum Gasteiger partial charge on any atom is 0.233 e. The van der Waals surface area contributed by atoms with Crippen molar-refractivity contribution in [2.24, 2.45) is 0 Å². The summed E-state index contributed by atoms with van der Waals surface area (Å²) in [6.07, 6.45) is 1.60. The Morgan fingerprint density at radius 3 is 2.85 bits per heavy atom. The second-order valence-corrected chi connectivity index (χ2v) is 8.18. The van der Waals surface area contributed by atoms with Crippen molar-refractivity contribution in [3.8, 4) is 10.7 Å². The number of carbonyl (C=O) groups excluding carboxylic acids is 1. The first kappa shape index (κ1) is 17.8. The van der Waals surface area contributed by atoms with Crippen molar-refractivity contribution in [1.82, 2.24) is 15.3 Å². The molecule has 3 aromatic heterocycles. The molecule has 0 aliphatic carbocycles. The molecule has 3 heterocycles. The van der Waals surface area contributed by atoms with Crippen LogP contribution in [0.1, 0.15) is 12.7 Å². The minimum absolute atomic E-state index is 0.0585. The molecular formula is C20H17N3O2S2. The number of furan rings is 1. The molecule has 0 saturated carbocycles. The van der Waals surface area contributed by atoms with Gasteiger partial charge >= 0.3 is 0 Å². The second-order valence-electron chi connectivity index (χ2n) is 5.90. The van der Waals surface area contributed by atoms with E-state index in [-0.39, 0.29) is 11.2 Å². The van der Waals surface area contributed by atoms with E-state index in [2.05, 4.69) is 10.3 Å². The maximum atomic E-state index is 12.5. The molecule has 4 rings (SSSR count). The largest absolute Gasteiger partial charge is 0.467 e. The first-order valence-corrected chi connectivity index (χ1v) is 10.2. The van der Waals surface area contributed by atoms with Gasteiger partial charge in [0.25, 0.3) is 0 Å². The van der Waals surface area contributed by atoms with Gasteiger partial charge in [-0.2, -0.15) is 0 Å². The van der Waals surface area contributed by atoms with Crippen molar-refractivity contribution in [2.75, 3.05) is 0 Å². The number of aromatic nitrogens is 2. The van der Waals surface area contributed by atoms with Gasteiger partial charge in [-0.15, -0.1) is 11.3 Å². The van der Waals surface area contributed by atoms with E-state index in [4.69, 9.17) is 9.40 Å². The van der Waals surface area contributed by atoms with Crippen LogP contribution in [0.2, 0.25) is 0 Å². The molecule has 0 radical (unpaired) electrons. The van der Waals surface area contributed by atoms with Crippen LogP contribution in [0.4, 0.5) is 0 Å². The molecule has 0 aliphatic heterocycles. The zero-order valence-electron chi connectivity index (χ0n) is 14.6. The third-order valence-corrected chi connectivity index (χ3v) is 5.95. The molecule has 0 bridgehead atoms. The van der Waals surface area contributed by atoms with E-state index >= 15 is 0 Å². The van der Waals surface area contributed by atoms with E-state index in [9.17, 15) is 4.79 Å². The SMILES string of the molecule is C[C@H](Sc1nc(-c2cccs2)nc2ccccc12)C(=O)NCc1ccco1. The summed E-state index contributed by atoms with van der Waals surface area (Å²) in [6.45, 7) is 2.26. The van der Waals surface area contributed by atoms with Gasteiger partial charge in [0.1, 0.15) is 10.8 Å². The van der Waals surface area contributed by atoms with Gasteiger partial charge in [-0.1, -0.05) is 36.0 Å². The van der Waals surface area contributed by atoms with Crippen molar-refractivity contribution in [1.29, 1.82) is 0 Å². The lowest BCUT2D eigenvalue weighted by atomic mass is 10.2. The molecule has 0 fully saturated rings. The molecule has 0 unspecified atom stereocenters. The predicted molar refractivity (Wildman–Crippen MR) is 109 cm³/mol. The number of amides is 1. The van der Waals surface area contributed by atoms with Gasteiger partial charge in [0.2, 0.25) is 5.91 Å². The van der Waals surface area contributed by atoms with Crippen LogP contribution in [0.5, 0.6) is 0 Å². The fraction of sp³-hybridized carbons (Fsp3) is 0.150. The van der Waals surface area contributed by atoms with E-state index in [1.807, 2.05) is 54.8 Å². The average Bonchev–Trinajstić information content (AvgIpc) is 3.39. The topological polar surface area (TPSA) is 68.0 Å². The van der Waals surface area contributed by atoms with Crippen molar-refractivity contribution in [3.05, 3.63) is 65.9 Å². The fourth-order valence-corrected chi connectivity index (χ4v) is 4.23. The lowest BCUT2D eigenvalue weighted by Crippen LogP contribution is -2.30. The van der Waals surface area contributed by atoms with E-state index < -0.39 is 0 Å². The maximum absolute atomic E-state index is 12.5. The van der Waals surface area contributed by atoms with Crippen molar-refractivity contribution >= 4 is 39.9 Å². The van der Waals surface area contributed by atoms with Gasteiger partial charge in [-0.25, -0.2) is 9.97 Å². The first-order chi connectivity index (χ1) is 13.2. The minimum atomic E-state index is -0.297. The molecule has 5 nitrogen and oxygen atoms in total. The van der Waals surface area contributed by atoms with Gasteiger partial charge in [-0.05, 0) is 36.6 Å². The summed E-state index contributed by atoms with van der Waals surface area (Å²) in [7, 11) is 0. The van der Waals surface area contributed by atoms with Gasteiger partial charge in [0, 0.05) is 5.39 Å². The lowest BCUT2D eigenvalue weighted by Gasteiger charge is -2.13. The Labute approximate surface area is 164 Å². The van der Waals surface area contributed by atoms with E-state index in [0.29, 0.717) is 12.4 Å². The number of nitrogens with zero attached hydrogens (tertiary/aromatic N) is 2. The summed E-state index contributed by atoms with van der Waals surface area (Å²) in [6, 6.07) is 15.5. The third-order valence-electron chi connectivity index (χ3n) is 3.98. The quantitative estimate of drug-likeness (QED) is 0.377. The number of rotatable bonds is 6. The van der Waals surface area contributed by atoms with Gasteiger partial charge in [0.15, 0.2) is 5.82 Å². The summed E-state index contributed by atoms with van der Waals surface area (Å²) in [4.78, 5) is 22.9. The lowest BCUT2D eigenvalue weighted by molar-refractivity contribution is -0.120. The van der Waals surface area contributed by atoms with E-state index in [0.717, 1.165) is 26.6 Å². The number of fused-ring (bicyclic) bond motifs is 1. The molecule has 0 spiro atoms. The number of nitrogens with one attached hydrogen (secondary N) is 1. The molecular weight excluding hydrogens is 378 g/mol. The average molecular weight is 396 g/mol. The number of thiophene rings is 1. The van der Waals surface area contributed by atoms with Crippen LogP contribution in [0.25, 0.3) is 21.6 Å². The normalized spacial score (nSPS) is 12.2. The molecule has 136 valence electrons. The Morgan fingerprint density at radius 1 is 1.19 bits per heavy atom. The summed E-state index contributed by atoms with van der Waals surface area (Å²) < 4.78 is 5.26. The minimum Gasteiger partial charge on any atom is -0.467 e. The molecule has 4 aromatic rings. The standard InChI is InChI=1S/C20H17N3O2S2/c1-13(19(24)21-12-14-6-4-10-25-14)27-20-15-7-2-3-8-16(15)22-18(23-20)17-9-5-11-26-17/h2-11,13H,12H2,1H3,(H,21,24)/t13-/m0/s1. The molecule has 0 aliphatic rings. The molecule has 1 amide bonds. The second kappa shape index (κ2) is 7.94. The number of carbonyl (C=O) groups is 1. The Bertz CT molecular complexity index is 1050. The van der Waals surface area contributed by atoms with Gasteiger partial charge in [0.05, 0.1) is 28.5 Å². The third kappa shape index (κ3) is 4.04. The van der Waals surface area contributed by atoms with Crippen LogP contribution >= 0.6 is 23.1 Å². The monoisotopic (exact) mass is 395 g/mol. The molecule has 1 aromatic carbocycles. The van der Waals surface area contributed by atoms with Crippen molar-refractivity contribution in [3.63, 3.8) is 0 Å². The Hall–Kier alpha value is -2.64. The zero-order chi connectivity index (χ0) is 18.6. The van der Waals surface area contributed by atoms with Crippen LogP contribution in [0.3, 0.4) is 0 Å². The number of hydrogen-bond acceptors (Lipinski definition) is 6. The fourth-order valence-electron chi connectivity index (χ4n) is 2.61. The highest BCUT2D eigenvalue weighted by Gasteiger charge is 2.18. The first-order valence-electron chi connectivity index (χ1n) is 8.48. The number of benzene rings is 1. The molecule has 0 saturated heterocycles. The van der Waals surface area contributed by atoms with Gasteiger partial charge in [-0.3, -0.25) is 4.79 Å². The molecule has 27 heavy (non-hydrogen) atoms. The number of thioether (sulfide) groups is 1. The van der Waals surface area contributed by atoms with Crippen LogP contribution in [-0.2, 0) is 11.3 Å². The number of hydrogen-bond donors (Lipinski definition) is 1. The van der Waals surface area contributed by atoms with Crippen LogP contribution in [0, 0.1) is 0 Å².